The van der Waals surface area contributed by atoms with Crippen LogP contribution in [-0.4, -0.2) is 15.0 Å². The number of nitrogen functional groups attached to an aromatic ring is 1. The summed E-state index contributed by atoms with van der Waals surface area (Å²) in [6.07, 6.45) is 7.00. The van der Waals surface area contributed by atoms with Gasteiger partial charge in [0.1, 0.15) is 10.7 Å². The first-order valence-corrected chi connectivity index (χ1v) is 7.35. The van der Waals surface area contributed by atoms with Crippen molar-refractivity contribution in [3.05, 3.63) is 23.5 Å². The second kappa shape index (κ2) is 6.55. The van der Waals surface area contributed by atoms with E-state index in [1.165, 1.54) is 13.0 Å². The largest absolute Gasteiger partial charge is 0.399 e. The average Bonchev–Trinajstić information content (AvgIpc) is 2.33. The van der Waals surface area contributed by atoms with E-state index in [2.05, 4.69) is 10.6 Å². The monoisotopic (exact) mass is 284 g/mol. The van der Waals surface area contributed by atoms with Crippen molar-refractivity contribution in [2.45, 2.75) is 31.1 Å². The number of hydrogen-bond donors (Lipinski definition) is 2. The molecular formula is C13H17FN2O2S. The number of benzene rings is 1. The topological polar surface area (TPSA) is 72.2 Å². The standard InChI is InChI=1S/C13H17FN2O2S/c1-3-4-5-6-7-16-19(17,18)12-9-11(15)8-10(2)13(12)14/h1,8-9,16H,4-7,15H2,2H3. The number of anilines is 1. The van der Waals surface area contributed by atoms with Crippen molar-refractivity contribution < 1.29 is 12.8 Å². The molecule has 0 saturated heterocycles. The fourth-order valence-corrected chi connectivity index (χ4v) is 2.85. The van der Waals surface area contributed by atoms with Crippen molar-refractivity contribution in [1.82, 2.24) is 4.72 Å². The highest BCUT2D eigenvalue weighted by Crippen LogP contribution is 2.21. The van der Waals surface area contributed by atoms with Crippen LogP contribution >= 0.6 is 0 Å². The van der Waals surface area contributed by atoms with E-state index in [1.807, 2.05) is 0 Å². The quantitative estimate of drug-likeness (QED) is 0.475. The number of rotatable bonds is 6. The van der Waals surface area contributed by atoms with E-state index in [1.54, 1.807) is 0 Å². The van der Waals surface area contributed by atoms with Crippen molar-refractivity contribution in [1.29, 1.82) is 0 Å². The Morgan fingerprint density at radius 3 is 2.74 bits per heavy atom. The highest BCUT2D eigenvalue weighted by atomic mass is 32.2. The molecule has 0 saturated carbocycles. The molecule has 4 nitrogen and oxygen atoms in total. The fourth-order valence-electron chi connectivity index (χ4n) is 1.60. The van der Waals surface area contributed by atoms with E-state index in [0.29, 0.717) is 12.8 Å². The number of sulfonamides is 1. The number of hydrogen-bond acceptors (Lipinski definition) is 3. The van der Waals surface area contributed by atoms with Crippen LogP contribution in [0.15, 0.2) is 17.0 Å². The van der Waals surface area contributed by atoms with Crippen LogP contribution in [0.3, 0.4) is 0 Å². The van der Waals surface area contributed by atoms with Gasteiger partial charge in [-0.1, -0.05) is 0 Å². The van der Waals surface area contributed by atoms with Crippen LogP contribution < -0.4 is 10.5 Å². The second-order valence-corrected chi connectivity index (χ2v) is 5.94. The molecule has 0 aliphatic heterocycles. The van der Waals surface area contributed by atoms with Crippen molar-refractivity contribution >= 4 is 15.7 Å². The summed E-state index contributed by atoms with van der Waals surface area (Å²) in [5.41, 5.74) is 5.95. The molecule has 0 aliphatic carbocycles. The first-order chi connectivity index (χ1) is 8.88. The molecule has 0 bridgehead atoms. The van der Waals surface area contributed by atoms with Crippen LogP contribution in [0.1, 0.15) is 24.8 Å². The first-order valence-electron chi connectivity index (χ1n) is 5.87. The summed E-state index contributed by atoms with van der Waals surface area (Å²) >= 11 is 0. The lowest BCUT2D eigenvalue weighted by Crippen LogP contribution is -2.26. The minimum atomic E-state index is -3.88. The third-order valence-electron chi connectivity index (χ3n) is 2.57. The predicted octanol–water partition coefficient (Wildman–Crippen LogP) is 1.80. The Kier molecular flexibility index (Phi) is 5.33. The van der Waals surface area contributed by atoms with Crippen LogP contribution in [0.25, 0.3) is 0 Å². The SMILES string of the molecule is C#CCCCCNS(=O)(=O)c1cc(N)cc(C)c1F. The van der Waals surface area contributed by atoms with Crippen LogP contribution in [-0.2, 0) is 10.0 Å². The molecular weight excluding hydrogens is 267 g/mol. The lowest BCUT2D eigenvalue weighted by Gasteiger charge is -2.09. The summed E-state index contributed by atoms with van der Waals surface area (Å²) in [7, 11) is -3.88. The Labute approximate surface area is 113 Å². The maximum Gasteiger partial charge on any atom is 0.243 e. The van der Waals surface area contributed by atoms with Gasteiger partial charge in [-0.05, 0) is 37.5 Å². The maximum atomic E-state index is 13.8. The van der Waals surface area contributed by atoms with Crippen LogP contribution in [0.2, 0.25) is 0 Å². The number of unbranched alkanes of at least 4 members (excludes halogenated alkanes) is 2. The van der Waals surface area contributed by atoms with Gasteiger partial charge in [0.2, 0.25) is 10.0 Å². The molecule has 0 aromatic heterocycles. The molecule has 0 atom stereocenters. The van der Waals surface area contributed by atoms with Crippen molar-refractivity contribution in [2.75, 3.05) is 12.3 Å². The predicted molar refractivity (Wildman–Crippen MR) is 73.4 cm³/mol. The molecule has 0 radical (unpaired) electrons. The third kappa shape index (κ3) is 4.23. The third-order valence-corrected chi connectivity index (χ3v) is 4.03. The molecule has 0 spiro atoms. The highest BCUT2D eigenvalue weighted by Gasteiger charge is 2.20. The summed E-state index contributed by atoms with van der Waals surface area (Å²) in [5, 5.41) is 0. The first kappa shape index (κ1) is 15.5. The molecule has 0 amide bonds. The number of aryl methyl sites for hydroxylation is 1. The van der Waals surface area contributed by atoms with Crippen LogP contribution in [0.5, 0.6) is 0 Å². The van der Waals surface area contributed by atoms with Gasteiger partial charge < -0.3 is 5.73 Å². The zero-order valence-electron chi connectivity index (χ0n) is 10.7. The average molecular weight is 284 g/mol. The number of terminal acetylenes is 1. The molecule has 0 fully saturated rings. The van der Waals surface area contributed by atoms with Gasteiger partial charge in [0.05, 0.1) is 0 Å². The van der Waals surface area contributed by atoms with Crippen LogP contribution in [0.4, 0.5) is 10.1 Å². The molecule has 19 heavy (non-hydrogen) atoms. The van der Waals surface area contributed by atoms with Gasteiger partial charge in [0.25, 0.3) is 0 Å². The minimum Gasteiger partial charge on any atom is -0.399 e. The molecule has 104 valence electrons. The Hall–Kier alpha value is -1.58. The Bertz CT molecular complexity index is 591. The number of nitrogens with two attached hydrogens (primary N) is 1. The second-order valence-electron chi connectivity index (χ2n) is 4.21. The van der Waals surface area contributed by atoms with E-state index in [9.17, 15) is 12.8 Å². The van der Waals surface area contributed by atoms with Crippen molar-refractivity contribution in [3.63, 3.8) is 0 Å². The van der Waals surface area contributed by atoms with Crippen molar-refractivity contribution in [2.24, 2.45) is 0 Å². The van der Waals surface area contributed by atoms with E-state index in [4.69, 9.17) is 12.2 Å². The van der Waals surface area contributed by atoms with Gasteiger partial charge in [-0.3, -0.25) is 0 Å². The lowest BCUT2D eigenvalue weighted by atomic mass is 10.2. The normalized spacial score (nSPS) is 11.2. The molecule has 1 aromatic carbocycles. The molecule has 6 heteroatoms. The van der Waals surface area contributed by atoms with Gasteiger partial charge in [-0.15, -0.1) is 12.3 Å². The summed E-state index contributed by atoms with van der Waals surface area (Å²) in [4.78, 5) is -0.415. The van der Waals surface area contributed by atoms with E-state index >= 15 is 0 Å². The highest BCUT2D eigenvalue weighted by molar-refractivity contribution is 7.89. The fraction of sp³-hybridized carbons (Fsp3) is 0.385. The van der Waals surface area contributed by atoms with Crippen LogP contribution in [0, 0.1) is 25.1 Å². The van der Waals surface area contributed by atoms with Gasteiger partial charge in [-0.2, -0.15) is 0 Å². The molecule has 0 unspecified atom stereocenters. The maximum absolute atomic E-state index is 13.8. The van der Waals surface area contributed by atoms with Gasteiger partial charge in [0, 0.05) is 18.7 Å². The minimum absolute atomic E-state index is 0.202. The zero-order chi connectivity index (χ0) is 14.5. The number of halogens is 1. The Morgan fingerprint density at radius 2 is 2.11 bits per heavy atom. The van der Waals surface area contributed by atoms with E-state index in [0.717, 1.165) is 12.5 Å². The van der Waals surface area contributed by atoms with Gasteiger partial charge in [0.15, 0.2) is 0 Å². The Morgan fingerprint density at radius 1 is 1.42 bits per heavy atom. The molecule has 3 N–H and O–H groups in total. The zero-order valence-corrected chi connectivity index (χ0v) is 11.6. The molecule has 1 rings (SSSR count). The van der Waals surface area contributed by atoms with Gasteiger partial charge in [-0.25, -0.2) is 17.5 Å². The summed E-state index contributed by atoms with van der Waals surface area (Å²) in [5.74, 6) is 1.69. The molecule has 1 aromatic rings. The molecule has 0 aliphatic rings. The number of nitrogens with one attached hydrogen (secondary N) is 1. The smallest absolute Gasteiger partial charge is 0.243 e. The van der Waals surface area contributed by atoms with E-state index < -0.39 is 20.7 Å². The summed E-state index contributed by atoms with van der Waals surface area (Å²) in [6.45, 7) is 1.69. The van der Waals surface area contributed by atoms with Crippen molar-refractivity contribution in [3.8, 4) is 12.3 Å². The lowest BCUT2D eigenvalue weighted by molar-refractivity contribution is 0.551. The summed E-state index contributed by atoms with van der Waals surface area (Å²) in [6, 6.07) is 2.51. The van der Waals surface area contributed by atoms with Gasteiger partial charge >= 0.3 is 0 Å². The summed E-state index contributed by atoms with van der Waals surface area (Å²) < 4.78 is 40.0. The Balaban J connectivity index is 2.81. The molecule has 0 heterocycles. The van der Waals surface area contributed by atoms with E-state index in [-0.39, 0.29) is 17.8 Å².